The van der Waals surface area contributed by atoms with Crippen molar-refractivity contribution < 1.29 is 43.3 Å². The number of benzene rings is 3. The van der Waals surface area contributed by atoms with E-state index in [9.17, 15) is 33.9 Å². The average molecular weight is 750 g/mol. The number of thioether (sulfide) groups is 1. The Hall–Kier alpha value is -5.57. The first-order chi connectivity index (χ1) is 25.2. The van der Waals surface area contributed by atoms with Gasteiger partial charge in [-0.3, -0.25) is 19.2 Å². The molecule has 284 valence electrons. The average Bonchev–Trinajstić information content (AvgIpc) is 3.12. The number of rotatable bonds is 17. The molecule has 3 aromatic carbocycles. The van der Waals surface area contributed by atoms with E-state index in [-0.39, 0.29) is 30.6 Å². The molecule has 0 aliphatic rings. The molecule has 14 nitrogen and oxygen atoms in total. The SMILES string of the molecule is COC(=O)c1cccc(NC(=O)[C@H](Cc2ccccc2)NC(=O)CNC(=O)[C@@H](CCSC)NC(=O)[C@H](Cc2ccc(O)cc2)NC(=O)OC(C)(C)C)c1. The number of nitrogens with one attached hydrogen (secondary N) is 5. The van der Waals surface area contributed by atoms with Crippen molar-refractivity contribution in [2.24, 2.45) is 0 Å². The number of carbonyl (C=O) groups is 6. The van der Waals surface area contributed by atoms with Crippen molar-refractivity contribution >= 4 is 53.1 Å². The fourth-order valence-electron chi connectivity index (χ4n) is 4.97. The van der Waals surface area contributed by atoms with Crippen LogP contribution in [0.5, 0.6) is 5.75 Å². The molecule has 3 aromatic rings. The second-order valence-corrected chi connectivity index (χ2v) is 14.0. The maximum atomic E-state index is 13.6. The van der Waals surface area contributed by atoms with Crippen molar-refractivity contribution in [3.05, 3.63) is 95.6 Å². The van der Waals surface area contributed by atoms with Crippen LogP contribution in [0.2, 0.25) is 0 Å². The van der Waals surface area contributed by atoms with Crippen LogP contribution in [0.25, 0.3) is 0 Å². The number of alkyl carbamates (subject to hydrolysis) is 1. The standard InChI is InChI=1S/C38H47N5O9S/c1-38(2,3)52-37(50)43-31(21-25-14-16-28(44)17-15-25)35(48)42-29(18-19-53-5)33(46)39-23-32(45)41-30(20-24-10-7-6-8-11-24)34(47)40-27-13-9-12-26(22-27)36(49)51-4/h6-17,22,29-31,44H,18-21,23H2,1-5H3,(H,39,46)(H,40,47)(H,41,45)(H,42,48)(H,43,50)/t29-,30+,31+/m1/s1. The highest BCUT2D eigenvalue weighted by molar-refractivity contribution is 7.98. The van der Waals surface area contributed by atoms with Gasteiger partial charge in [-0.2, -0.15) is 11.8 Å². The number of anilines is 1. The number of hydrogen-bond donors (Lipinski definition) is 6. The molecule has 0 aliphatic heterocycles. The molecular formula is C38H47N5O9S. The third-order valence-electron chi connectivity index (χ3n) is 7.54. The summed E-state index contributed by atoms with van der Waals surface area (Å²) in [5.41, 5.74) is 1.11. The fourth-order valence-corrected chi connectivity index (χ4v) is 5.44. The number of esters is 1. The van der Waals surface area contributed by atoms with Gasteiger partial charge in [0.05, 0.1) is 19.2 Å². The van der Waals surface area contributed by atoms with E-state index >= 15 is 0 Å². The number of ether oxygens (including phenoxy) is 2. The van der Waals surface area contributed by atoms with Crippen LogP contribution < -0.4 is 26.6 Å². The smallest absolute Gasteiger partial charge is 0.408 e. The zero-order valence-corrected chi connectivity index (χ0v) is 31.2. The monoisotopic (exact) mass is 749 g/mol. The minimum atomic E-state index is -1.15. The van der Waals surface area contributed by atoms with Crippen molar-refractivity contribution in [1.82, 2.24) is 21.3 Å². The van der Waals surface area contributed by atoms with Crippen LogP contribution in [0, 0.1) is 0 Å². The summed E-state index contributed by atoms with van der Waals surface area (Å²) in [6, 6.07) is 18.0. The molecule has 0 fully saturated rings. The van der Waals surface area contributed by atoms with E-state index in [2.05, 4.69) is 26.6 Å². The van der Waals surface area contributed by atoms with Gasteiger partial charge < -0.3 is 41.2 Å². The second kappa shape index (κ2) is 20.5. The second-order valence-electron chi connectivity index (χ2n) is 13.0. The Bertz CT molecular complexity index is 1710. The van der Waals surface area contributed by atoms with E-state index in [0.29, 0.717) is 17.0 Å². The Kier molecular flexibility index (Phi) is 16.2. The molecule has 0 aliphatic carbocycles. The van der Waals surface area contributed by atoms with Gasteiger partial charge in [0.1, 0.15) is 29.5 Å². The lowest BCUT2D eigenvalue weighted by Gasteiger charge is -2.25. The minimum absolute atomic E-state index is 0.0302. The Morgan fingerprint density at radius 1 is 0.755 bits per heavy atom. The van der Waals surface area contributed by atoms with Gasteiger partial charge in [-0.15, -0.1) is 0 Å². The third-order valence-corrected chi connectivity index (χ3v) is 8.18. The normalized spacial score (nSPS) is 12.6. The molecule has 3 rings (SSSR count). The lowest BCUT2D eigenvalue weighted by atomic mass is 10.0. The number of phenols is 1. The van der Waals surface area contributed by atoms with Crippen molar-refractivity contribution in [2.75, 3.05) is 31.0 Å². The van der Waals surface area contributed by atoms with Crippen LogP contribution in [-0.2, 0) is 41.5 Å². The van der Waals surface area contributed by atoms with Gasteiger partial charge in [0.2, 0.25) is 23.6 Å². The van der Waals surface area contributed by atoms with Crippen LogP contribution in [0.15, 0.2) is 78.9 Å². The number of phenolic OH excluding ortho intramolecular Hbond substituents is 1. The number of hydrogen-bond acceptors (Lipinski definition) is 10. The number of aromatic hydroxyl groups is 1. The van der Waals surface area contributed by atoms with Gasteiger partial charge in [0.25, 0.3) is 0 Å². The van der Waals surface area contributed by atoms with Crippen LogP contribution >= 0.6 is 11.8 Å². The predicted octanol–water partition coefficient (Wildman–Crippen LogP) is 3.33. The first kappa shape index (κ1) is 41.8. The van der Waals surface area contributed by atoms with E-state index in [1.807, 2.05) is 12.3 Å². The summed E-state index contributed by atoms with van der Waals surface area (Å²) in [5.74, 6) is -2.58. The lowest BCUT2D eigenvalue weighted by Crippen LogP contribution is -2.56. The summed E-state index contributed by atoms with van der Waals surface area (Å²) in [5, 5.41) is 22.9. The largest absolute Gasteiger partial charge is 0.508 e. The Labute approximate surface area is 313 Å². The van der Waals surface area contributed by atoms with Crippen molar-refractivity contribution in [3.8, 4) is 5.75 Å². The van der Waals surface area contributed by atoms with Crippen LogP contribution in [0.1, 0.15) is 48.7 Å². The quantitative estimate of drug-likeness (QED) is 0.111. The molecule has 0 bridgehead atoms. The van der Waals surface area contributed by atoms with E-state index in [4.69, 9.17) is 9.47 Å². The molecule has 5 amide bonds. The first-order valence-electron chi connectivity index (χ1n) is 16.8. The fraction of sp³-hybridized carbons (Fsp3) is 0.368. The van der Waals surface area contributed by atoms with E-state index in [1.54, 1.807) is 69.3 Å². The van der Waals surface area contributed by atoms with E-state index < -0.39 is 66.0 Å². The minimum Gasteiger partial charge on any atom is -0.508 e. The number of amides is 5. The maximum absolute atomic E-state index is 13.6. The summed E-state index contributed by atoms with van der Waals surface area (Å²) < 4.78 is 10.1. The maximum Gasteiger partial charge on any atom is 0.408 e. The highest BCUT2D eigenvalue weighted by Crippen LogP contribution is 2.15. The van der Waals surface area contributed by atoms with Crippen molar-refractivity contribution in [1.29, 1.82) is 0 Å². The van der Waals surface area contributed by atoms with Crippen LogP contribution in [0.4, 0.5) is 10.5 Å². The summed E-state index contributed by atoms with van der Waals surface area (Å²) >= 11 is 1.45. The van der Waals surface area contributed by atoms with Gasteiger partial charge in [0.15, 0.2) is 0 Å². The molecule has 0 heterocycles. The zero-order valence-electron chi connectivity index (χ0n) is 30.4. The first-order valence-corrected chi connectivity index (χ1v) is 18.2. The third kappa shape index (κ3) is 14.9. The molecule has 53 heavy (non-hydrogen) atoms. The Balaban J connectivity index is 1.71. The predicted molar refractivity (Wildman–Crippen MR) is 201 cm³/mol. The zero-order chi connectivity index (χ0) is 39.0. The van der Waals surface area contributed by atoms with Crippen molar-refractivity contribution in [3.63, 3.8) is 0 Å². The van der Waals surface area contributed by atoms with Crippen molar-refractivity contribution in [2.45, 2.75) is 63.8 Å². The summed E-state index contributed by atoms with van der Waals surface area (Å²) in [6.07, 6.45) is 1.38. The summed E-state index contributed by atoms with van der Waals surface area (Å²) in [6.45, 7) is 4.54. The Morgan fingerprint density at radius 2 is 1.40 bits per heavy atom. The summed E-state index contributed by atoms with van der Waals surface area (Å²) in [4.78, 5) is 78.3. The van der Waals surface area contributed by atoms with Gasteiger partial charge in [-0.1, -0.05) is 48.5 Å². The van der Waals surface area contributed by atoms with Crippen LogP contribution in [-0.4, -0.2) is 90.2 Å². The van der Waals surface area contributed by atoms with Crippen LogP contribution in [0.3, 0.4) is 0 Å². The van der Waals surface area contributed by atoms with E-state index in [1.165, 1.54) is 43.1 Å². The number of methoxy groups -OCH3 is 1. The molecule has 0 saturated carbocycles. The van der Waals surface area contributed by atoms with Gasteiger partial charge in [-0.05, 0) is 80.7 Å². The highest BCUT2D eigenvalue weighted by atomic mass is 32.2. The van der Waals surface area contributed by atoms with Gasteiger partial charge in [0, 0.05) is 18.5 Å². The molecule has 6 N–H and O–H groups in total. The molecule has 0 radical (unpaired) electrons. The lowest BCUT2D eigenvalue weighted by molar-refractivity contribution is -0.131. The van der Waals surface area contributed by atoms with E-state index in [0.717, 1.165) is 5.56 Å². The van der Waals surface area contributed by atoms with Gasteiger partial charge in [-0.25, -0.2) is 9.59 Å². The Morgan fingerprint density at radius 3 is 2.02 bits per heavy atom. The molecule has 15 heteroatoms. The molecule has 0 saturated heterocycles. The molecule has 3 atom stereocenters. The topological polar surface area (TPSA) is 201 Å². The molecule has 0 spiro atoms. The molecular weight excluding hydrogens is 703 g/mol. The highest BCUT2D eigenvalue weighted by Gasteiger charge is 2.29. The number of carbonyl (C=O) groups excluding carboxylic acids is 6. The molecule has 0 aromatic heterocycles. The summed E-state index contributed by atoms with van der Waals surface area (Å²) in [7, 11) is 1.25. The molecule has 0 unspecified atom stereocenters. The van der Waals surface area contributed by atoms with Gasteiger partial charge >= 0.3 is 12.1 Å².